The van der Waals surface area contributed by atoms with E-state index in [0.717, 1.165) is 12.8 Å². The molecule has 1 N–H and O–H groups in total. The topological polar surface area (TPSA) is 20.2 Å². The van der Waals surface area contributed by atoms with Crippen molar-refractivity contribution in [3.63, 3.8) is 0 Å². The van der Waals surface area contributed by atoms with Crippen molar-refractivity contribution in [3.05, 3.63) is 35.9 Å². The van der Waals surface area contributed by atoms with Crippen LogP contribution in [0, 0.1) is 5.92 Å². The van der Waals surface area contributed by atoms with Crippen LogP contribution in [-0.2, 0) is 6.42 Å². The fourth-order valence-electron chi connectivity index (χ4n) is 2.74. The molecule has 1 aliphatic rings. The van der Waals surface area contributed by atoms with E-state index in [9.17, 15) is 5.11 Å². The lowest BCUT2D eigenvalue weighted by molar-refractivity contribution is 0.0643. The largest absolute Gasteiger partial charge is 0.393 e. The van der Waals surface area contributed by atoms with E-state index in [1.54, 1.807) is 0 Å². The van der Waals surface area contributed by atoms with Crippen molar-refractivity contribution < 1.29 is 5.11 Å². The van der Waals surface area contributed by atoms with Gasteiger partial charge in [0.2, 0.25) is 0 Å². The Morgan fingerprint density at radius 2 is 1.81 bits per heavy atom. The summed E-state index contributed by atoms with van der Waals surface area (Å²) in [6.07, 6.45) is 8.32. The highest BCUT2D eigenvalue weighted by Gasteiger charge is 2.22. The molecule has 0 radical (unpaired) electrons. The van der Waals surface area contributed by atoms with Gasteiger partial charge in [-0.1, -0.05) is 43.2 Å². The average molecular weight is 218 g/mol. The highest BCUT2D eigenvalue weighted by atomic mass is 16.3. The summed E-state index contributed by atoms with van der Waals surface area (Å²) in [4.78, 5) is 0. The number of aryl methyl sites for hydroxylation is 1. The van der Waals surface area contributed by atoms with Gasteiger partial charge in [-0.3, -0.25) is 0 Å². The Hall–Kier alpha value is -0.820. The Morgan fingerprint density at radius 1 is 1.06 bits per heavy atom. The number of aliphatic hydroxyl groups is 1. The zero-order valence-corrected chi connectivity index (χ0v) is 9.94. The summed E-state index contributed by atoms with van der Waals surface area (Å²) < 4.78 is 0. The molecule has 1 nitrogen and oxygen atoms in total. The van der Waals surface area contributed by atoms with Gasteiger partial charge in [0.25, 0.3) is 0 Å². The van der Waals surface area contributed by atoms with Crippen molar-refractivity contribution in [2.75, 3.05) is 0 Å². The van der Waals surface area contributed by atoms with E-state index < -0.39 is 0 Å². The lowest BCUT2D eigenvalue weighted by atomic mass is 9.83. The Bertz CT molecular complexity index is 294. The number of benzene rings is 1. The molecule has 2 rings (SSSR count). The van der Waals surface area contributed by atoms with Crippen LogP contribution in [0.5, 0.6) is 0 Å². The number of aliphatic hydroxyl groups excluding tert-OH is 1. The molecule has 0 spiro atoms. The number of rotatable bonds is 4. The van der Waals surface area contributed by atoms with Gasteiger partial charge in [-0.2, -0.15) is 0 Å². The SMILES string of the molecule is OC1CCCCC1CCCc1ccccc1. The molecule has 88 valence electrons. The molecular weight excluding hydrogens is 196 g/mol. The third-order valence-corrected chi connectivity index (χ3v) is 3.75. The Balaban J connectivity index is 1.71. The molecule has 2 unspecified atom stereocenters. The van der Waals surface area contributed by atoms with Crippen LogP contribution in [-0.4, -0.2) is 11.2 Å². The molecule has 1 aromatic carbocycles. The number of hydrogen-bond acceptors (Lipinski definition) is 1. The number of hydrogen-bond donors (Lipinski definition) is 1. The summed E-state index contributed by atoms with van der Waals surface area (Å²) in [7, 11) is 0. The molecular formula is C15H22O. The van der Waals surface area contributed by atoms with Crippen molar-refractivity contribution in [2.45, 2.75) is 51.0 Å². The van der Waals surface area contributed by atoms with E-state index in [-0.39, 0.29) is 6.10 Å². The first kappa shape index (κ1) is 11.7. The molecule has 1 heteroatoms. The zero-order chi connectivity index (χ0) is 11.2. The normalized spacial score (nSPS) is 25.6. The van der Waals surface area contributed by atoms with Crippen LogP contribution >= 0.6 is 0 Å². The van der Waals surface area contributed by atoms with Crippen LogP contribution in [0.15, 0.2) is 30.3 Å². The smallest absolute Gasteiger partial charge is 0.0568 e. The standard InChI is InChI=1S/C15H22O/c16-15-12-5-4-10-14(15)11-6-9-13-7-2-1-3-8-13/h1-3,7-8,14-16H,4-6,9-12H2. The van der Waals surface area contributed by atoms with E-state index in [2.05, 4.69) is 30.3 Å². The van der Waals surface area contributed by atoms with E-state index >= 15 is 0 Å². The van der Waals surface area contributed by atoms with Crippen molar-refractivity contribution >= 4 is 0 Å². The molecule has 16 heavy (non-hydrogen) atoms. The summed E-state index contributed by atoms with van der Waals surface area (Å²) in [5.74, 6) is 0.567. The van der Waals surface area contributed by atoms with Gasteiger partial charge < -0.3 is 5.11 Å². The fraction of sp³-hybridized carbons (Fsp3) is 0.600. The van der Waals surface area contributed by atoms with Gasteiger partial charge >= 0.3 is 0 Å². The van der Waals surface area contributed by atoms with E-state index in [4.69, 9.17) is 0 Å². The summed E-state index contributed by atoms with van der Waals surface area (Å²) >= 11 is 0. The minimum Gasteiger partial charge on any atom is -0.393 e. The Kier molecular flexibility index (Phi) is 4.41. The maximum atomic E-state index is 9.87. The molecule has 0 aromatic heterocycles. The minimum atomic E-state index is -0.0236. The first-order chi connectivity index (χ1) is 7.86. The predicted molar refractivity (Wildman–Crippen MR) is 67.3 cm³/mol. The summed E-state index contributed by atoms with van der Waals surface area (Å²) in [6, 6.07) is 10.7. The second-order valence-corrected chi connectivity index (χ2v) is 4.99. The van der Waals surface area contributed by atoms with Gasteiger partial charge in [-0.05, 0) is 43.6 Å². The summed E-state index contributed by atoms with van der Waals surface area (Å²) in [6.45, 7) is 0. The van der Waals surface area contributed by atoms with Gasteiger partial charge in [0, 0.05) is 0 Å². The maximum Gasteiger partial charge on any atom is 0.0568 e. The fourth-order valence-corrected chi connectivity index (χ4v) is 2.74. The van der Waals surface area contributed by atoms with Gasteiger partial charge in [-0.25, -0.2) is 0 Å². The van der Waals surface area contributed by atoms with Crippen LogP contribution in [0.3, 0.4) is 0 Å². The average Bonchev–Trinajstić information content (AvgIpc) is 2.33. The minimum absolute atomic E-state index is 0.0236. The Morgan fingerprint density at radius 3 is 2.56 bits per heavy atom. The van der Waals surface area contributed by atoms with Crippen LogP contribution in [0.4, 0.5) is 0 Å². The van der Waals surface area contributed by atoms with Crippen LogP contribution in [0.2, 0.25) is 0 Å². The maximum absolute atomic E-state index is 9.87. The van der Waals surface area contributed by atoms with Crippen molar-refractivity contribution in [1.29, 1.82) is 0 Å². The summed E-state index contributed by atoms with van der Waals surface area (Å²) in [5, 5.41) is 9.87. The second-order valence-electron chi connectivity index (χ2n) is 4.99. The Labute approximate surface area is 98.5 Å². The lowest BCUT2D eigenvalue weighted by Gasteiger charge is -2.27. The lowest BCUT2D eigenvalue weighted by Crippen LogP contribution is -2.24. The third kappa shape index (κ3) is 3.34. The molecule has 1 saturated carbocycles. The molecule has 0 bridgehead atoms. The molecule has 0 amide bonds. The molecule has 0 heterocycles. The van der Waals surface area contributed by atoms with Crippen molar-refractivity contribution in [3.8, 4) is 0 Å². The molecule has 1 aliphatic carbocycles. The first-order valence-corrected chi connectivity index (χ1v) is 6.58. The van der Waals surface area contributed by atoms with Gasteiger partial charge in [0.15, 0.2) is 0 Å². The van der Waals surface area contributed by atoms with Crippen LogP contribution in [0.25, 0.3) is 0 Å². The highest BCUT2D eigenvalue weighted by Crippen LogP contribution is 2.28. The monoisotopic (exact) mass is 218 g/mol. The van der Waals surface area contributed by atoms with Crippen LogP contribution in [0.1, 0.15) is 44.1 Å². The first-order valence-electron chi connectivity index (χ1n) is 6.58. The highest BCUT2D eigenvalue weighted by molar-refractivity contribution is 5.14. The van der Waals surface area contributed by atoms with E-state index in [1.807, 2.05) is 0 Å². The van der Waals surface area contributed by atoms with Gasteiger partial charge in [-0.15, -0.1) is 0 Å². The van der Waals surface area contributed by atoms with Crippen LogP contribution < -0.4 is 0 Å². The van der Waals surface area contributed by atoms with Gasteiger partial charge in [0.1, 0.15) is 0 Å². The van der Waals surface area contributed by atoms with Crippen molar-refractivity contribution in [2.24, 2.45) is 5.92 Å². The molecule has 2 atom stereocenters. The molecule has 0 aliphatic heterocycles. The molecule has 1 fully saturated rings. The van der Waals surface area contributed by atoms with Gasteiger partial charge in [0.05, 0.1) is 6.10 Å². The van der Waals surface area contributed by atoms with Crippen molar-refractivity contribution in [1.82, 2.24) is 0 Å². The molecule has 1 aromatic rings. The zero-order valence-electron chi connectivity index (χ0n) is 9.94. The van der Waals surface area contributed by atoms with E-state index in [0.29, 0.717) is 5.92 Å². The van der Waals surface area contributed by atoms with E-state index in [1.165, 1.54) is 37.7 Å². The second kappa shape index (κ2) is 6.05. The summed E-state index contributed by atoms with van der Waals surface area (Å²) in [5.41, 5.74) is 1.42. The predicted octanol–water partition coefficient (Wildman–Crippen LogP) is 3.56. The quantitative estimate of drug-likeness (QED) is 0.819. The third-order valence-electron chi connectivity index (χ3n) is 3.75. The molecule has 0 saturated heterocycles.